The standard InChI is InChI=1S/C23H20N2O6/c1-28-19-8-6-15(11-21(19)29-2)25-23-18(22(27)24-13-17-4-3-9-30-17)10-14-5-7-16(26)12-20(14)31-23/h3-12,26H,13H2,1-2H3,(H,24,27). The molecule has 0 atom stereocenters. The van der Waals surface area contributed by atoms with Gasteiger partial charge in [-0.2, -0.15) is 0 Å². The van der Waals surface area contributed by atoms with Gasteiger partial charge in [-0.3, -0.25) is 4.79 Å². The topological polar surface area (TPSA) is 106 Å². The van der Waals surface area contributed by atoms with Crippen LogP contribution in [0, 0.1) is 0 Å². The summed E-state index contributed by atoms with van der Waals surface area (Å²) in [6.45, 7) is 0.218. The van der Waals surface area contributed by atoms with E-state index in [2.05, 4.69) is 10.3 Å². The van der Waals surface area contributed by atoms with Gasteiger partial charge in [0.2, 0.25) is 5.55 Å². The molecular weight excluding hydrogens is 400 g/mol. The van der Waals surface area contributed by atoms with Crippen LogP contribution in [0.25, 0.3) is 11.0 Å². The molecule has 0 fully saturated rings. The highest BCUT2D eigenvalue weighted by atomic mass is 16.5. The number of carbonyl (C=O) groups excluding carboxylic acids is 1. The highest BCUT2D eigenvalue weighted by Crippen LogP contribution is 2.31. The monoisotopic (exact) mass is 420 g/mol. The summed E-state index contributed by atoms with van der Waals surface area (Å²) in [5.74, 6) is 1.33. The van der Waals surface area contributed by atoms with Crippen molar-refractivity contribution in [3.63, 3.8) is 0 Å². The lowest BCUT2D eigenvalue weighted by Gasteiger charge is -2.08. The molecular formula is C23H20N2O6. The molecule has 0 saturated heterocycles. The number of ether oxygens (including phenoxy) is 2. The van der Waals surface area contributed by atoms with Crippen LogP contribution in [0.1, 0.15) is 16.1 Å². The van der Waals surface area contributed by atoms with E-state index in [1.807, 2.05) is 0 Å². The number of hydrogen-bond donors (Lipinski definition) is 2. The van der Waals surface area contributed by atoms with Crippen molar-refractivity contribution in [3.8, 4) is 17.2 Å². The van der Waals surface area contributed by atoms with E-state index in [4.69, 9.17) is 18.3 Å². The second-order valence-electron chi connectivity index (χ2n) is 6.60. The van der Waals surface area contributed by atoms with E-state index in [1.165, 1.54) is 25.5 Å². The summed E-state index contributed by atoms with van der Waals surface area (Å²) < 4.78 is 21.7. The molecule has 0 aliphatic carbocycles. The quantitative estimate of drug-likeness (QED) is 0.490. The predicted molar refractivity (Wildman–Crippen MR) is 113 cm³/mol. The summed E-state index contributed by atoms with van der Waals surface area (Å²) in [5.41, 5.74) is 1.21. The molecule has 0 aliphatic rings. The summed E-state index contributed by atoms with van der Waals surface area (Å²) >= 11 is 0. The lowest BCUT2D eigenvalue weighted by molar-refractivity contribution is 0.0944. The van der Waals surface area contributed by atoms with Gasteiger partial charge >= 0.3 is 0 Å². The molecule has 0 spiro atoms. The first kappa shape index (κ1) is 20.1. The van der Waals surface area contributed by atoms with Gasteiger partial charge in [-0.25, -0.2) is 4.99 Å². The van der Waals surface area contributed by atoms with Crippen LogP contribution in [0.4, 0.5) is 5.69 Å². The van der Waals surface area contributed by atoms with Crippen molar-refractivity contribution in [1.82, 2.24) is 5.32 Å². The minimum Gasteiger partial charge on any atom is -0.508 e. The van der Waals surface area contributed by atoms with Crippen molar-refractivity contribution in [2.45, 2.75) is 6.54 Å². The number of phenols is 1. The van der Waals surface area contributed by atoms with Crippen molar-refractivity contribution in [1.29, 1.82) is 0 Å². The Labute approximate surface area is 177 Å². The first-order valence-corrected chi connectivity index (χ1v) is 9.41. The van der Waals surface area contributed by atoms with Crippen molar-refractivity contribution in [3.05, 3.63) is 77.7 Å². The zero-order valence-corrected chi connectivity index (χ0v) is 16.9. The normalized spacial score (nSPS) is 11.5. The number of furan rings is 1. The molecule has 2 aromatic carbocycles. The smallest absolute Gasteiger partial charge is 0.257 e. The number of carbonyl (C=O) groups is 1. The van der Waals surface area contributed by atoms with Gasteiger partial charge in [-0.05, 0) is 42.5 Å². The Morgan fingerprint density at radius 3 is 2.65 bits per heavy atom. The van der Waals surface area contributed by atoms with Gasteiger partial charge in [0.1, 0.15) is 22.7 Å². The van der Waals surface area contributed by atoms with Crippen LogP contribution in [0.2, 0.25) is 0 Å². The molecule has 0 radical (unpaired) electrons. The zero-order valence-electron chi connectivity index (χ0n) is 16.9. The number of aromatic hydroxyl groups is 1. The summed E-state index contributed by atoms with van der Waals surface area (Å²) in [4.78, 5) is 17.4. The Kier molecular flexibility index (Phi) is 5.61. The molecule has 8 nitrogen and oxygen atoms in total. The van der Waals surface area contributed by atoms with Gasteiger partial charge < -0.3 is 28.7 Å². The van der Waals surface area contributed by atoms with Crippen molar-refractivity contribution < 1.29 is 28.2 Å². The first-order chi connectivity index (χ1) is 15.1. The third-order valence-electron chi connectivity index (χ3n) is 4.58. The molecule has 158 valence electrons. The first-order valence-electron chi connectivity index (χ1n) is 9.41. The summed E-state index contributed by atoms with van der Waals surface area (Å²) in [6, 6.07) is 14.9. The number of fused-ring (bicyclic) bond motifs is 1. The number of hydrogen-bond acceptors (Lipinski definition) is 7. The second kappa shape index (κ2) is 8.66. The van der Waals surface area contributed by atoms with Crippen molar-refractivity contribution in [2.75, 3.05) is 14.2 Å². The number of phenolic OH excluding ortho intramolecular Hbond substituents is 1. The number of rotatable bonds is 6. The highest BCUT2D eigenvalue weighted by Gasteiger charge is 2.14. The van der Waals surface area contributed by atoms with Gasteiger partial charge in [-0.15, -0.1) is 0 Å². The lowest BCUT2D eigenvalue weighted by Crippen LogP contribution is -2.28. The van der Waals surface area contributed by atoms with Crippen LogP contribution in [0.15, 0.2) is 74.7 Å². The molecule has 2 aromatic heterocycles. The van der Waals surface area contributed by atoms with Crippen molar-refractivity contribution in [2.24, 2.45) is 4.99 Å². The summed E-state index contributed by atoms with van der Waals surface area (Å²) in [7, 11) is 3.07. The molecule has 0 saturated carbocycles. The maximum absolute atomic E-state index is 12.9. The average Bonchev–Trinajstić information content (AvgIpc) is 3.30. The number of amides is 1. The summed E-state index contributed by atoms with van der Waals surface area (Å²) in [6.07, 6.45) is 1.54. The molecule has 8 heteroatoms. The number of benzene rings is 2. The Morgan fingerprint density at radius 2 is 1.90 bits per heavy atom. The van der Waals surface area contributed by atoms with Gasteiger partial charge in [0.25, 0.3) is 5.91 Å². The van der Waals surface area contributed by atoms with Crippen LogP contribution < -0.4 is 20.3 Å². The van der Waals surface area contributed by atoms with Gasteiger partial charge in [0.15, 0.2) is 11.5 Å². The average molecular weight is 420 g/mol. The van der Waals surface area contributed by atoms with E-state index in [9.17, 15) is 9.90 Å². The fraction of sp³-hybridized carbons (Fsp3) is 0.130. The molecule has 31 heavy (non-hydrogen) atoms. The van der Waals surface area contributed by atoms with E-state index in [0.717, 1.165) is 0 Å². The van der Waals surface area contributed by atoms with Crippen LogP contribution in [0.3, 0.4) is 0 Å². The summed E-state index contributed by atoms with van der Waals surface area (Å²) in [5, 5.41) is 13.2. The molecule has 0 bridgehead atoms. The van der Waals surface area contributed by atoms with E-state index in [-0.39, 0.29) is 29.3 Å². The van der Waals surface area contributed by atoms with Crippen molar-refractivity contribution >= 4 is 22.6 Å². The molecule has 2 N–H and O–H groups in total. The predicted octanol–water partition coefficient (Wildman–Crippen LogP) is 3.91. The number of nitrogens with zero attached hydrogens (tertiary/aromatic N) is 1. The van der Waals surface area contributed by atoms with E-state index in [1.54, 1.807) is 49.6 Å². The Hall–Kier alpha value is -4.20. The van der Waals surface area contributed by atoms with Gasteiger partial charge in [0.05, 0.1) is 32.7 Å². The number of nitrogens with one attached hydrogen (secondary N) is 1. The molecule has 4 rings (SSSR count). The van der Waals surface area contributed by atoms with Gasteiger partial charge in [-0.1, -0.05) is 0 Å². The molecule has 1 amide bonds. The fourth-order valence-electron chi connectivity index (χ4n) is 3.04. The zero-order chi connectivity index (χ0) is 21.8. The third kappa shape index (κ3) is 4.37. The highest BCUT2D eigenvalue weighted by molar-refractivity contribution is 5.96. The van der Waals surface area contributed by atoms with Crippen LogP contribution in [-0.2, 0) is 6.54 Å². The van der Waals surface area contributed by atoms with E-state index < -0.39 is 0 Å². The fourth-order valence-corrected chi connectivity index (χ4v) is 3.04. The number of methoxy groups -OCH3 is 2. The molecule has 0 aliphatic heterocycles. The largest absolute Gasteiger partial charge is 0.508 e. The van der Waals surface area contributed by atoms with E-state index in [0.29, 0.717) is 33.9 Å². The Balaban J connectivity index is 1.80. The van der Waals surface area contributed by atoms with Crippen LogP contribution in [-0.4, -0.2) is 25.2 Å². The Morgan fingerprint density at radius 1 is 1.06 bits per heavy atom. The maximum atomic E-state index is 12.9. The van der Waals surface area contributed by atoms with Crippen LogP contribution >= 0.6 is 0 Å². The third-order valence-corrected chi connectivity index (χ3v) is 4.58. The molecule has 2 heterocycles. The Bertz CT molecular complexity index is 1290. The second-order valence-corrected chi connectivity index (χ2v) is 6.60. The van der Waals surface area contributed by atoms with Gasteiger partial charge in [0, 0.05) is 17.5 Å². The molecule has 0 unspecified atom stereocenters. The van der Waals surface area contributed by atoms with Crippen LogP contribution in [0.5, 0.6) is 17.2 Å². The van der Waals surface area contributed by atoms with E-state index >= 15 is 0 Å². The SMILES string of the molecule is COc1ccc(N=c2oc3cc(O)ccc3cc2C(=O)NCc2ccco2)cc1OC. The lowest BCUT2D eigenvalue weighted by atomic mass is 10.1. The minimum absolute atomic E-state index is 0.0448. The maximum Gasteiger partial charge on any atom is 0.257 e. The minimum atomic E-state index is -0.380. The molecule has 4 aromatic rings.